The molecule has 0 aliphatic carbocycles. The first-order chi connectivity index (χ1) is 6.38. The summed E-state index contributed by atoms with van der Waals surface area (Å²) in [5, 5.41) is 8.99. The van der Waals surface area contributed by atoms with Gasteiger partial charge in [-0.15, -0.1) is 0 Å². The van der Waals surface area contributed by atoms with Crippen LogP contribution in [0.15, 0.2) is 0 Å². The standard InChI is InChI=1S/C10H19NO2/c12-8-9-3-4-11(6-9)7-10-2-1-5-13-10/h9-10,12H,1-8H2/t9-,10-/m1/s1. The zero-order valence-electron chi connectivity index (χ0n) is 8.11. The molecule has 0 aromatic heterocycles. The van der Waals surface area contributed by atoms with Crippen LogP contribution in [0.25, 0.3) is 0 Å². The van der Waals surface area contributed by atoms with E-state index in [0.717, 1.165) is 32.7 Å². The topological polar surface area (TPSA) is 32.7 Å². The number of likely N-dealkylation sites (tertiary alicyclic amines) is 1. The van der Waals surface area contributed by atoms with Crippen molar-refractivity contribution in [3.63, 3.8) is 0 Å². The van der Waals surface area contributed by atoms with E-state index in [1.165, 1.54) is 12.8 Å². The van der Waals surface area contributed by atoms with Crippen LogP contribution >= 0.6 is 0 Å². The Morgan fingerprint density at radius 3 is 2.92 bits per heavy atom. The second-order valence-electron chi connectivity index (χ2n) is 4.23. The minimum absolute atomic E-state index is 0.349. The molecule has 2 rings (SSSR count). The lowest BCUT2D eigenvalue weighted by atomic mass is 10.1. The molecule has 2 saturated heterocycles. The third-order valence-electron chi connectivity index (χ3n) is 3.11. The molecule has 2 aliphatic heterocycles. The van der Waals surface area contributed by atoms with Gasteiger partial charge in [-0.1, -0.05) is 0 Å². The Morgan fingerprint density at radius 1 is 1.38 bits per heavy atom. The van der Waals surface area contributed by atoms with Gasteiger partial charge in [0.2, 0.25) is 0 Å². The van der Waals surface area contributed by atoms with E-state index >= 15 is 0 Å². The van der Waals surface area contributed by atoms with Crippen molar-refractivity contribution < 1.29 is 9.84 Å². The summed E-state index contributed by atoms with van der Waals surface area (Å²) in [6, 6.07) is 0. The van der Waals surface area contributed by atoms with Crippen LogP contribution in [0, 0.1) is 5.92 Å². The highest BCUT2D eigenvalue weighted by molar-refractivity contribution is 4.78. The number of hydrogen-bond donors (Lipinski definition) is 1. The maximum Gasteiger partial charge on any atom is 0.0702 e. The fourth-order valence-electron chi connectivity index (χ4n) is 2.30. The van der Waals surface area contributed by atoms with Gasteiger partial charge in [-0.05, 0) is 31.7 Å². The van der Waals surface area contributed by atoms with Gasteiger partial charge in [0, 0.05) is 26.3 Å². The van der Waals surface area contributed by atoms with Crippen LogP contribution in [0.4, 0.5) is 0 Å². The summed E-state index contributed by atoms with van der Waals surface area (Å²) < 4.78 is 5.58. The molecule has 2 atom stereocenters. The van der Waals surface area contributed by atoms with Gasteiger partial charge < -0.3 is 14.7 Å². The SMILES string of the molecule is OC[C@@H]1CCN(C[C@H]2CCCO2)C1. The predicted molar refractivity (Wildman–Crippen MR) is 50.6 cm³/mol. The molecular weight excluding hydrogens is 166 g/mol. The predicted octanol–water partition coefficient (Wildman–Crippen LogP) is 0.480. The van der Waals surface area contributed by atoms with E-state index in [1.807, 2.05) is 0 Å². The van der Waals surface area contributed by atoms with Crippen molar-refractivity contribution in [1.82, 2.24) is 4.90 Å². The molecule has 0 amide bonds. The van der Waals surface area contributed by atoms with Gasteiger partial charge in [0.1, 0.15) is 0 Å². The maximum absolute atomic E-state index is 8.99. The van der Waals surface area contributed by atoms with E-state index in [1.54, 1.807) is 0 Å². The lowest BCUT2D eigenvalue weighted by molar-refractivity contribution is 0.0784. The lowest BCUT2D eigenvalue weighted by Gasteiger charge is -2.19. The Bertz CT molecular complexity index is 157. The van der Waals surface area contributed by atoms with Gasteiger partial charge >= 0.3 is 0 Å². The minimum Gasteiger partial charge on any atom is -0.396 e. The Hall–Kier alpha value is -0.120. The number of hydrogen-bond acceptors (Lipinski definition) is 3. The van der Waals surface area contributed by atoms with E-state index in [2.05, 4.69) is 4.90 Å². The average molecular weight is 185 g/mol. The first-order valence-corrected chi connectivity index (χ1v) is 5.33. The highest BCUT2D eigenvalue weighted by Crippen LogP contribution is 2.19. The van der Waals surface area contributed by atoms with Crippen LogP contribution in [0.2, 0.25) is 0 Å². The maximum atomic E-state index is 8.99. The zero-order chi connectivity index (χ0) is 9.10. The molecule has 13 heavy (non-hydrogen) atoms. The van der Waals surface area contributed by atoms with Crippen LogP contribution in [0.3, 0.4) is 0 Å². The Balaban J connectivity index is 1.70. The van der Waals surface area contributed by atoms with E-state index in [0.29, 0.717) is 18.6 Å². The van der Waals surface area contributed by atoms with Crippen LogP contribution in [0.5, 0.6) is 0 Å². The van der Waals surface area contributed by atoms with E-state index in [9.17, 15) is 0 Å². The van der Waals surface area contributed by atoms with Crippen molar-refractivity contribution in [2.24, 2.45) is 5.92 Å². The molecule has 0 unspecified atom stereocenters. The first kappa shape index (κ1) is 9.44. The number of nitrogens with zero attached hydrogens (tertiary/aromatic N) is 1. The van der Waals surface area contributed by atoms with Crippen molar-refractivity contribution in [2.45, 2.75) is 25.4 Å². The van der Waals surface area contributed by atoms with Gasteiger partial charge in [0.05, 0.1) is 6.10 Å². The van der Waals surface area contributed by atoms with Gasteiger partial charge in [-0.25, -0.2) is 0 Å². The largest absolute Gasteiger partial charge is 0.396 e. The summed E-state index contributed by atoms with van der Waals surface area (Å²) in [4.78, 5) is 2.43. The molecule has 0 aromatic carbocycles. The van der Waals surface area contributed by atoms with Gasteiger partial charge in [-0.2, -0.15) is 0 Å². The molecule has 0 aromatic rings. The van der Waals surface area contributed by atoms with Crippen LogP contribution in [-0.2, 0) is 4.74 Å². The third-order valence-corrected chi connectivity index (χ3v) is 3.11. The van der Waals surface area contributed by atoms with E-state index < -0.39 is 0 Å². The van der Waals surface area contributed by atoms with Crippen molar-refractivity contribution in [1.29, 1.82) is 0 Å². The number of rotatable bonds is 3. The van der Waals surface area contributed by atoms with Crippen molar-refractivity contribution >= 4 is 0 Å². The Morgan fingerprint density at radius 2 is 2.31 bits per heavy atom. The average Bonchev–Trinajstić information content (AvgIpc) is 2.76. The summed E-state index contributed by atoms with van der Waals surface area (Å²) in [7, 11) is 0. The number of ether oxygens (including phenoxy) is 1. The van der Waals surface area contributed by atoms with E-state index in [-0.39, 0.29) is 0 Å². The summed E-state index contributed by atoms with van der Waals surface area (Å²) in [5.41, 5.74) is 0. The lowest BCUT2D eigenvalue weighted by Crippen LogP contribution is -2.30. The fourth-order valence-corrected chi connectivity index (χ4v) is 2.30. The first-order valence-electron chi connectivity index (χ1n) is 5.33. The molecule has 1 N–H and O–H groups in total. The number of aliphatic hydroxyl groups excluding tert-OH is 1. The third kappa shape index (κ3) is 2.42. The molecule has 0 radical (unpaired) electrons. The van der Waals surface area contributed by atoms with Gasteiger partial charge in [0.15, 0.2) is 0 Å². The zero-order valence-corrected chi connectivity index (χ0v) is 8.11. The molecule has 0 bridgehead atoms. The molecule has 76 valence electrons. The molecule has 0 spiro atoms. The number of aliphatic hydroxyl groups is 1. The van der Waals surface area contributed by atoms with Crippen LogP contribution < -0.4 is 0 Å². The monoisotopic (exact) mass is 185 g/mol. The molecule has 3 nitrogen and oxygen atoms in total. The quantitative estimate of drug-likeness (QED) is 0.694. The highest BCUT2D eigenvalue weighted by atomic mass is 16.5. The fraction of sp³-hybridized carbons (Fsp3) is 1.00. The highest BCUT2D eigenvalue weighted by Gasteiger charge is 2.25. The normalized spacial score (nSPS) is 35.8. The summed E-state index contributed by atoms with van der Waals surface area (Å²) in [6.45, 7) is 4.59. The Kier molecular flexibility index (Phi) is 3.19. The summed E-state index contributed by atoms with van der Waals surface area (Å²) in [5.74, 6) is 0.515. The van der Waals surface area contributed by atoms with Gasteiger partial charge in [-0.3, -0.25) is 0 Å². The minimum atomic E-state index is 0.349. The van der Waals surface area contributed by atoms with Gasteiger partial charge in [0.25, 0.3) is 0 Å². The molecule has 2 heterocycles. The molecule has 0 saturated carbocycles. The molecule has 2 fully saturated rings. The molecular formula is C10H19NO2. The smallest absolute Gasteiger partial charge is 0.0702 e. The summed E-state index contributed by atoms with van der Waals surface area (Å²) in [6.07, 6.45) is 4.07. The van der Waals surface area contributed by atoms with Crippen molar-refractivity contribution in [3.8, 4) is 0 Å². The van der Waals surface area contributed by atoms with E-state index in [4.69, 9.17) is 9.84 Å². The Labute approximate surface area is 79.7 Å². The second kappa shape index (κ2) is 4.40. The van der Waals surface area contributed by atoms with Crippen LogP contribution in [-0.4, -0.2) is 49.0 Å². The second-order valence-corrected chi connectivity index (χ2v) is 4.23. The van der Waals surface area contributed by atoms with Crippen molar-refractivity contribution in [2.75, 3.05) is 32.8 Å². The molecule has 3 heteroatoms. The van der Waals surface area contributed by atoms with Crippen LogP contribution in [0.1, 0.15) is 19.3 Å². The molecule has 2 aliphatic rings. The summed E-state index contributed by atoms with van der Waals surface area (Å²) >= 11 is 0. The van der Waals surface area contributed by atoms with Crippen molar-refractivity contribution in [3.05, 3.63) is 0 Å².